The first-order valence-corrected chi connectivity index (χ1v) is 3.29. The number of aliphatic imine (C=N–C) groups is 2. The van der Waals surface area contributed by atoms with Gasteiger partial charge in [-0.1, -0.05) is 0 Å². The number of hydrogen-bond acceptors (Lipinski definition) is 8. The number of guanidine groups is 1. The smallest absolute Gasteiger partial charge is 0.237 e. The molecule has 1 heterocycles. The molecule has 0 aromatic heterocycles. The van der Waals surface area contributed by atoms with E-state index in [1.54, 1.807) is 6.92 Å². The Hall–Kier alpha value is -1.22. The zero-order chi connectivity index (χ0) is 9.14. The van der Waals surface area contributed by atoms with E-state index in [4.69, 9.17) is 17.5 Å². The molecule has 68 valence electrons. The summed E-state index contributed by atoms with van der Waals surface area (Å²) in [7, 11) is 0. The van der Waals surface area contributed by atoms with Crippen molar-refractivity contribution < 1.29 is 0 Å². The summed E-state index contributed by atoms with van der Waals surface area (Å²) in [5.41, 5.74) is 4.69. The minimum atomic E-state index is -0.534. The minimum Gasteiger partial charge on any atom is -0.292 e. The van der Waals surface area contributed by atoms with Crippen molar-refractivity contribution in [1.82, 2.24) is 15.9 Å². The number of hydrogen-bond donors (Lipinski definition) is 5. The lowest BCUT2D eigenvalue weighted by molar-refractivity contribution is 0.274. The molecule has 1 unspecified atom stereocenters. The Balaban J connectivity index is 2.82. The summed E-state index contributed by atoms with van der Waals surface area (Å²) >= 11 is 0. The molecule has 0 saturated heterocycles. The molecule has 8 nitrogen and oxygen atoms in total. The highest BCUT2D eigenvalue weighted by molar-refractivity contribution is 5.96. The van der Waals surface area contributed by atoms with E-state index in [-0.39, 0.29) is 5.96 Å². The summed E-state index contributed by atoms with van der Waals surface area (Å²) in [6.07, 6.45) is -0.534. The monoisotopic (exact) mass is 172 g/mol. The van der Waals surface area contributed by atoms with Crippen LogP contribution in [0.25, 0.3) is 0 Å². The second-order valence-corrected chi connectivity index (χ2v) is 2.20. The maximum atomic E-state index is 5.53. The quantitative estimate of drug-likeness (QED) is 0.214. The number of hydrazine groups is 3. The number of amidine groups is 1. The summed E-state index contributed by atoms with van der Waals surface area (Å²) in [4.78, 5) is 7.82. The second-order valence-electron chi connectivity index (χ2n) is 2.20. The van der Waals surface area contributed by atoms with Gasteiger partial charge in [-0.3, -0.25) is 16.3 Å². The van der Waals surface area contributed by atoms with Crippen LogP contribution in [0.5, 0.6) is 0 Å². The van der Waals surface area contributed by atoms with Crippen LogP contribution in [-0.2, 0) is 0 Å². The van der Waals surface area contributed by atoms with Crippen LogP contribution in [-0.4, -0.2) is 23.1 Å². The SMILES string of the molecule is CC1=NC(NN)=NC(NN)N1N. The summed E-state index contributed by atoms with van der Waals surface area (Å²) in [5.74, 6) is 16.7. The normalized spacial score (nSPS) is 23.3. The van der Waals surface area contributed by atoms with E-state index in [0.717, 1.165) is 0 Å². The molecule has 0 spiro atoms. The fourth-order valence-corrected chi connectivity index (χ4v) is 0.782. The molecule has 8 heteroatoms. The van der Waals surface area contributed by atoms with Crippen LogP contribution in [0.2, 0.25) is 0 Å². The largest absolute Gasteiger partial charge is 0.292 e. The van der Waals surface area contributed by atoms with Gasteiger partial charge in [-0.05, 0) is 6.92 Å². The molecule has 8 N–H and O–H groups in total. The van der Waals surface area contributed by atoms with E-state index in [9.17, 15) is 0 Å². The zero-order valence-electron chi connectivity index (χ0n) is 6.65. The average molecular weight is 172 g/mol. The predicted octanol–water partition coefficient (Wildman–Crippen LogP) is -2.84. The van der Waals surface area contributed by atoms with Crippen molar-refractivity contribution in [3.8, 4) is 0 Å². The molecule has 12 heavy (non-hydrogen) atoms. The van der Waals surface area contributed by atoms with Crippen LogP contribution in [0.15, 0.2) is 9.98 Å². The van der Waals surface area contributed by atoms with E-state index >= 15 is 0 Å². The molecule has 0 aromatic rings. The van der Waals surface area contributed by atoms with E-state index in [0.29, 0.717) is 5.84 Å². The molecular formula is C4H12N8. The lowest BCUT2D eigenvalue weighted by Gasteiger charge is -2.28. The van der Waals surface area contributed by atoms with Gasteiger partial charge < -0.3 is 0 Å². The highest BCUT2D eigenvalue weighted by Gasteiger charge is 2.19. The Morgan fingerprint density at radius 1 is 1.50 bits per heavy atom. The van der Waals surface area contributed by atoms with E-state index in [1.165, 1.54) is 5.01 Å². The fraction of sp³-hybridized carbons (Fsp3) is 0.500. The van der Waals surface area contributed by atoms with Gasteiger partial charge in [0.1, 0.15) is 5.84 Å². The third-order valence-electron chi connectivity index (χ3n) is 1.43. The Bertz CT molecular complexity index is 219. The first-order chi connectivity index (χ1) is 5.69. The number of nitrogens with two attached hydrogens (primary N) is 3. The van der Waals surface area contributed by atoms with Crippen molar-refractivity contribution in [1.29, 1.82) is 0 Å². The van der Waals surface area contributed by atoms with Crippen molar-refractivity contribution >= 4 is 11.8 Å². The van der Waals surface area contributed by atoms with Crippen molar-refractivity contribution in [3.63, 3.8) is 0 Å². The molecule has 1 rings (SSSR count). The maximum absolute atomic E-state index is 5.53. The fourth-order valence-electron chi connectivity index (χ4n) is 0.782. The Kier molecular flexibility index (Phi) is 2.55. The molecule has 0 saturated carbocycles. The summed E-state index contributed by atoms with van der Waals surface area (Å²) < 4.78 is 0. The summed E-state index contributed by atoms with van der Waals surface area (Å²) in [5, 5.41) is 1.29. The average Bonchev–Trinajstić information content (AvgIpc) is 2.09. The first kappa shape index (κ1) is 8.87. The van der Waals surface area contributed by atoms with Crippen LogP contribution in [0.4, 0.5) is 0 Å². The topological polar surface area (TPSA) is 130 Å². The Labute approximate surface area is 69.4 Å². The van der Waals surface area contributed by atoms with Crippen molar-refractivity contribution in [2.45, 2.75) is 13.2 Å². The van der Waals surface area contributed by atoms with Gasteiger partial charge in [-0.25, -0.2) is 22.1 Å². The highest BCUT2D eigenvalue weighted by atomic mass is 15.6. The van der Waals surface area contributed by atoms with E-state index in [2.05, 4.69) is 20.8 Å². The molecular weight excluding hydrogens is 160 g/mol. The van der Waals surface area contributed by atoms with Crippen molar-refractivity contribution in [2.24, 2.45) is 27.5 Å². The van der Waals surface area contributed by atoms with Gasteiger partial charge >= 0.3 is 0 Å². The number of rotatable bonds is 1. The second kappa shape index (κ2) is 3.45. The summed E-state index contributed by atoms with van der Waals surface area (Å²) in [6.45, 7) is 1.72. The van der Waals surface area contributed by atoms with Crippen LogP contribution >= 0.6 is 0 Å². The van der Waals surface area contributed by atoms with E-state index in [1.807, 2.05) is 0 Å². The van der Waals surface area contributed by atoms with Crippen LogP contribution < -0.4 is 28.4 Å². The summed E-state index contributed by atoms with van der Waals surface area (Å²) in [6, 6.07) is 0. The van der Waals surface area contributed by atoms with Gasteiger partial charge in [-0.2, -0.15) is 4.99 Å². The van der Waals surface area contributed by atoms with Crippen LogP contribution in [0.3, 0.4) is 0 Å². The van der Waals surface area contributed by atoms with Crippen LogP contribution in [0, 0.1) is 0 Å². The van der Waals surface area contributed by atoms with Crippen molar-refractivity contribution in [3.05, 3.63) is 0 Å². The molecule has 1 aliphatic rings. The third kappa shape index (κ3) is 1.51. The molecule has 0 radical (unpaired) electrons. The van der Waals surface area contributed by atoms with E-state index < -0.39 is 6.29 Å². The predicted molar refractivity (Wildman–Crippen MR) is 45.0 cm³/mol. The first-order valence-electron chi connectivity index (χ1n) is 3.29. The van der Waals surface area contributed by atoms with Gasteiger partial charge in [0, 0.05) is 0 Å². The minimum absolute atomic E-state index is 0.289. The van der Waals surface area contributed by atoms with Gasteiger partial charge in [0.2, 0.25) is 12.2 Å². The number of nitrogens with one attached hydrogen (secondary N) is 2. The Morgan fingerprint density at radius 3 is 2.67 bits per heavy atom. The molecule has 0 bridgehead atoms. The molecule has 1 atom stereocenters. The maximum Gasteiger partial charge on any atom is 0.237 e. The molecule has 0 aromatic carbocycles. The van der Waals surface area contributed by atoms with Gasteiger partial charge in [0.15, 0.2) is 0 Å². The van der Waals surface area contributed by atoms with Gasteiger partial charge in [0.05, 0.1) is 0 Å². The lowest BCUT2D eigenvalue weighted by Crippen LogP contribution is -2.56. The third-order valence-corrected chi connectivity index (χ3v) is 1.43. The molecule has 0 fully saturated rings. The highest BCUT2D eigenvalue weighted by Crippen LogP contribution is 1.99. The number of nitrogens with zero attached hydrogens (tertiary/aromatic N) is 3. The Morgan fingerprint density at radius 2 is 2.17 bits per heavy atom. The lowest BCUT2D eigenvalue weighted by atomic mass is 10.5. The molecule has 0 amide bonds. The molecule has 0 aliphatic carbocycles. The van der Waals surface area contributed by atoms with Gasteiger partial charge in [0.25, 0.3) is 0 Å². The van der Waals surface area contributed by atoms with Crippen molar-refractivity contribution in [2.75, 3.05) is 0 Å². The van der Waals surface area contributed by atoms with Gasteiger partial charge in [-0.15, -0.1) is 0 Å². The zero-order valence-corrected chi connectivity index (χ0v) is 6.65. The van der Waals surface area contributed by atoms with Crippen LogP contribution in [0.1, 0.15) is 6.92 Å². The standard InChI is InChI=1S/C4H12N8/c1-2-8-3(10-5)9-4(11-6)12(2)7/h4,11H,5-7H2,1H3,(H,9,10). The molecule has 1 aliphatic heterocycles.